The third-order valence-electron chi connectivity index (χ3n) is 1.68. The number of fused-ring (bicyclic) bond motifs is 1. The van der Waals surface area contributed by atoms with Gasteiger partial charge in [0, 0.05) is 44.1 Å². The fourth-order valence-corrected chi connectivity index (χ4v) is 1.13. The van der Waals surface area contributed by atoms with Gasteiger partial charge in [0.2, 0.25) is 0 Å². The molecule has 0 aliphatic carbocycles. The van der Waals surface area contributed by atoms with E-state index in [1.807, 2.05) is 24.3 Å². The second kappa shape index (κ2) is 4.21. The molecule has 0 amide bonds. The van der Waals surface area contributed by atoms with Gasteiger partial charge in [-0.05, 0) is 10.9 Å². The number of hydrogen-bond donors (Lipinski definition) is 0. The third kappa shape index (κ3) is 1.62. The van der Waals surface area contributed by atoms with Crippen molar-refractivity contribution in [3.05, 3.63) is 36.0 Å². The smallest absolute Gasteiger partial charge is 0.148 e. The first-order valence-corrected chi connectivity index (χ1v) is 3.37. The van der Waals surface area contributed by atoms with E-state index in [1.54, 1.807) is 6.20 Å². The molecule has 3 heteroatoms. The number of rotatable bonds is 1. The van der Waals surface area contributed by atoms with Crippen molar-refractivity contribution in [3.63, 3.8) is 0 Å². The van der Waals surface area contributed by atoms with Crippen LogP contribution in [0.15, 0.2) is 30.5 Å². The summed E-state index contributed by atoms with van der Waals surface area (Å²) in [4.78, 5) is 14.5. The Morgan fingerprint density at radius 1 is 1.25 bits per heavy atom. The van der Waals surface area contributed by atoms with Gasteiger partial charge in [0.25, 0.3) is 0 Å². The summed E-state index contributed by atoms with van der Waals surface area (Å²) in [5.41, 5.74) is 1.55. The quantitative estimate of drug-likeness (QED) is 0.714. The van der Waals surface area contributed by atoms with Gasteiger partial charge in [-0.2, -0.15) is 6.20 Å². The molecule has 1 radical (unpaired) electrons. The molecule has 0 aliphatic rings. The zero-order valence-electron chi connectivity index (χ0n) is 6.40. The number of hydrogen-bond acceptors (Lipinski definition) is 1. The predicted molar refractivity (Wildman–Crippen MR) is 42.7 cm³/mol. The first kappa shape index (κ1) is 9.96. The Balaban J connectivity index is 0.000000720. The van der Waals surface area contributed by atoms with Gasteiger partial charge in [0.15, 0.2) is 0 Å². The van der Waals surface area contributed by atoms with Crippen LogP contribution in [0.1, 0.15) is 10.4 Å². The summed E-state index contributed by atoms with van der Waals surface area (Å²) in [6, 6.07) is 7.59. The molecule has 0 unspecified atom stereocenters. The number of benzene rings is 1. The summed E-state index contributed by atoms with van der Waals surface area (Å²) in [7, 11) is 0. The minimum absolute atomic E-state index is 0. The molecule has 12 heavy (non-hydrogen) atoms. The Morgan fingerprint density at radius 3 is 2.75 bits per heavy atom. The SMILES string of the molecule is O=Cc1c[n-]c2ccccc12.[Ac]. The minimum Gasteiger partial charge on any atom is -0.663 e. The molecular weight excluding hydrogens is 365 g/mol. The Bertz CT molecular complexity index is 394. The van der Waals surface area contributed by atoms with E-state index in [1.165, 1.54) is 0 Å². The zero-order chi connectivity index (χ0) is 7.68. The Morgan fingerprint density at radius 2 is 2.00 bits per heavy atom. The maximum Gasteiger partial charge on any atom is 0.148 e. The van der Waals surface area contributed by atoms with E-state index in [4.69, 9.17) is 0 Å². The maximum absolute atomic E-state index is 10.4. The van der Waals surface area contributed by atoms with E-state index >= 15 is 0 Å². The zero-order valence-corrected chi connectivity index (χ0v) is 11.1. The van der Waals surface area contributed by atoms with E-state index in [2.05, 4.69) is 4.98 Å². The molecule has 2 rings (SSSR count). The first-order chi connectivity index (χ1) is 5.42. The van der Waals surface area contributed by atoms with Crippen molar-refractivity contribution in [1.82, 2.24) is 4.98 Å². The van der Waals surface area contributed by atoms with Gasteiger partial charge in [0.1, 0.15) is 6.29 Å². The number of nitrogens with zero attached hydrogens (tertiary/aromatic N) is 1. The van der Waals surface area contributed by atoms with Crippen LogP contribution in [0.4, 0.5) is 0 Å². The van der Waals surface area contributed by atoms with Crippen LogP contribution in [0, 0.1) is 44.1 Å². The maximum atomic E-state index is 10.4. The molecule has 0 fully saturated rings. The molecule has 0 bridgehead atoms. The van der Waals surface area contributed by atoms with Crippen molar-refractivity contribution >= 4 is 17.2 Å². The van der Waals surface area contributed by atoms with Crippen LogP contribution in [0.2, 0.25) is 0 Å². The van der Waals surface area contributed by atoms with Crippen molar-refractivity contribution < 1.29 is 48.9 Å². The molecule has 1 aromatic heterocycles. The summed E-state index contributed by atoms with van der Waals surface area (Å²) < 4.78 is 0. The summed E-state index contributed by atoms with van der Waals surface area (Å²) in [5, 5.41) is 0.933. The predicted octanol–water partition coefficient (Wildman–Crippen LogP) is 1.61. The molecular formula is C9H6AcNO-. The van der Waals surface area contributed by atoms with Crippen LogP contribution in [0.25, 0.3) is 10.9 Å². The monoisotopic (exact) mass is 371 g/mol. The minimum atomic E-state index is 0. The molecule has 0 atom stereocenters. The van der Waals surface area contributed by atoms with Gasteiger partial charge < -0.3 is 4.98 Å². The largest absolute Gasteiger partial charge is 0.663 e. The summed E-state index contributed by atoms with van der Waals surface area (Å²) in [6.45, 7) is 0. The van der Waals surface area contributed by atoms with E-state index in [0.717, 1.165) is 17.2 Å². The summed E-state index contributed by atoms with van der Waals surface area (Å²) >= 11 is 0. The summed E-state index contributed by atoms with van der Waals surface area (Å²) in [6.07, 6.45) is 2.42. The molecule has 0 saturated heterocycles. The topological polar surface area (TPSA) is 31.2 Å². The molecule has 57 valence electrons. The molecule has 1 aromatic carbocycles. The Labute approximate surface area is 106 Å². The van der Waals surface area contributed by atoms with Crippen LogP contribution < -0.4 is 4.98 Å². The average molecular weight is 371 g/mol. The van der Waals surface area contributed by atoms with Gasteiger partial charge in [0.05, 0.1) is 0 Å². The Hall–Kier alpha value is -0.128. The molecule has 0 saturated carbocycles. The van der Waals surface area contributed by atoms with Gasteiger partial charge in [-0.15, -0.1) is 5.52 Å². The van der Waals surface area contributed by atoms with E-state index in [9.17, 15) is 4.79 Å². The van der Waals surface area contributed by atoms with Crippen LogP contribution in [0.5, 0.6) is 0 Å². The van der Waals surface area contributed by atoms with Crippen molar-refractivity contribution in [2.45, 2.75) is 0 Å². The molecule has 0 aliphatic heterocycles. The van der Waals surface area contributed by atoms with Gasteiger partial charge in [-0.25, -0.2) is 0 Å². The first-order valence-electron chi connectivity index (χ1n) is 3.37. The average Bonchev–Trinajstić information content (AvgIpc) is 2.47. The number of carbonyl (C=O) groups excluding carboxylic acids is 1. The second-order valence-corrected chi connectivity index (χ2v) is 2.35. The number of aromatic nitrogens is 1. The van der Waals surface area contributed by atoms with Crippen LogP contribution in [-0.4, -0.2) is 6.29 Å². The number of para-hydroxylation sites is 1. The van der Waals surface area contributed by atoms with Gasteiger partial charge in [-0.3, -0.25) is 4.79 Å². The van der Waals surface area contributed by atoms with E-state index < -0.39 is 0 Å². The normalized spacial score (nSPS) is 9.33. The van der Waals surface area contributed by atoms with Crippen molar-refractivity contribution in [2.24, 2.45) is 0 Å². The van der Waals surface area contributed by atoms with Crippen LogP contribution in [-0.2, 0) is 0 Å². The molecule has 0 spiro atoms. The second-order valence-electron chi connectivity index (χ2n) is 2.35. The standard InChI is InChI=1S/C9H7NO.Ac/c11-6-7-5-10-9-4-2-1-3-8(7)9;/h1-6H,(H,10,11);/p-1. The van der Waals surface area contributed by atoms with E-state index in [-0.39, 0.29) is 44.1 Å². The van der Waals surface area contributed by atoms with Crippen molar-refractivity contribution in [2.75, 3.05) is 0 Å². The van der Waals surface area contributed by atoms with Gasteiger partial charge in [-0.1, -0.05) is 24.3 Å². The number of aldehydes is 1. The van der Waals surface area contributed by atoms with E-state index in [0.29, 0.717) is 5.56 Å². The molecule has 1 heterocycles. The number of carbonyl (C=O) groups is 1. The fraction of sp³-hybridized carbons (Fsp3) is 0. The van der Waals surface area contributed by atoms with Gasteiger partial charge >= 0.3 is 0 Å². The molecule has 0 N–H and O–H groups in total. The third-order valence-corrected chi connectivity index (χ3v) is 1.68. The van der Waals surface area contributed by atoms with Crippen molar-refractivity contribution in [1.29, 1.82) is 0 Å². The van der Waals surface area contributed by atoms with Crippen molar-refractivity contribution in [3.8, 4) is 0 Å². The van der Waals surface area contributed by atoms with Crippen LogP contribution in [0.3, 0.4) is 0 Å². The Kier molecular flexibility index (Phi) is 3.49. The molecule has 2 nitrogen and oxygen atoms in total. The fourth-order valence-electron chi connectivity index (χ4n) is 1.13. The summed E-state index contributed by atoms with van der Waals surface area (Å²) in [5.74, 6) is 0. The molecule has 2 aromatic rings. The van der Waals surface area contributed by atoms with Crippen LogP contribution >= 0.6 is 0 Å².